The van der Waals surface area contributed by atoms with E-state index in [1.54, 1.807) is 50.6 Å². The normalized spacial score (nSPS) is 10.8. The van der Waals surface area contributed by atoms with Gasteiger partial charge in [-0.25, -0.2) is 4.39 Å². The Morgan fingerprint density at radius 1 is 1.16 bits per heavy atom. The molecule has 9 heteroatoms. The van der Waals surface area contributed by atoms with Crippen LogP contribution in [0.3, 0.4) is 0 Å². The van der Waals surface area contributed by atoms with Crippen LogP contribution >= 0.6 is 0 Å². The second-order valence-corrected chi connectivity index (χ2v) is 6.91. The summed E-state index contributed by atoms with van der Waals surface area (Å²) in [5.74, 6) is -0.379. The first-order chi connectivity index (χ1) is 14.9. The molecule has 0 atom stereocenters. The number of aryl methyl sites for hydroxylation is 1. The number of rotatable bonds is 5. The second-order valence-electron chi connectivity index (χ2n) is 6.91. The maximum atomic E-state index is 13.2. The van der Waals surface area contributed by atoms with Gasteiger partial charge in [-0.05, 0) is 55.0 Å². The molecule has 0 saturated carbocycles. The van der Waals surface area contributed by atoms with E-state index in [-0.39, 0.29) is 18.0 Å². The van der Waals surface area contributed by atoms with Gasteiger partial charge in [0.25, 0.3) is 11.5 Å². The molecule has 0 saturated heterocycles. The smallest absolute Gasteiger partial charge is 0.268 e. The quantitative estimate of drug-likeness (QED) is 0.494. The lowest BCUT2D eigenvalue weighted by atomic mass is 10.1. The number of aromatic nitrogens is 4. The Hall–Kier alpha value is -4.14. The first-order valence-electron chi connectivity index (χ1n) is 9.41. The van der Waals surface area contributed by atoms with Crippen LogP contribution in [-0.2, 0) is 6.54 Å². The molecule has 0 unspecified atom stereocenters. The third-order valence-corrected chi connectivity index (χ3v) is 4.70. The van der Waals surface area contributed by atoms with Crippen molar-refractivity contribution in [3.05, 3.63) is 94.1 Å². The number of amides is 1. The van der Waals surface area contributed by atoms with Crippen molar-refractivity contribution >= 4 is 5.91 Å². The molecule has 0 N–H and O–H groups in total. The summed E-state index contributed by atoms with van der Waals surface area (Å²) < 4.78 is 19.8. The molecule has 1 aromatic carbocycles. The lowest BCUT2D eigenvalue weighted by Gasteiger charge is -2.17. The minimum Gasteiger partial charge on any atom is -0.337 e. The van der Waals surface area contributed by atoms with E-state index in [1.165, 1.54) is 33.7 Å². The van der Waals surface area contributed by atoms with Crippen LogP contribution in [0.25, 0.3) is 17.2 Å². The van der Waals surface area contributed by atoms with Crippen molar-refractivity contribution in [2.75, 3.05) is 7.05 Å². The van der Waals surface area contributed by atoms with Gasteiger partial charge in [-0.15, -0.1) is 0 Å². The van der Waals surface area contributed by atoms with Gasteiger partial charge in [0.2, 0.25) is 11.7 Å². The van der Waals surface area contributed by atoms with Crippen molar-refractivity contribution in [3.63, 3.8) is 0 Å². The molecular weight excluding hydrogens is 401 g/mol. The number of pyridine rings is 2. The number of benzene rings is 1. The van der Waals surface area contributed by atoms with Gasteiger partial charge in [0.15, 0.2) is 0 Å². The maximum Gasteiger partial charge on any atom is 0.268 e. The number of hydrogen-bond acceptors (Lipinski definition) is 6. The average molecular weight is 419 g/mol. The van der Waals surface area contributed by atoms with Gasteiger partial charge in [-0.3, -0.25) is 19.1 Å². The van der Waals surface area contributed by atoms with Gasteiger partial charge in [-0.1, -0.05) is 11.2 Å². The Kier molecular flexibility index (Phi) is 5.40. The van der Waals surface area contributed by atoms with Gasteiger partial charge in [0.05, 0.1) is 0 Å². The van der Waals surface area contributed by atoms with Crippen molar-refractivity contribution in [3.8, 4) is 17.2 Å². The molecule has 4 aromatic rings. The third-order valence-electron chi connectivity index (χ3n) is 4.70. The monoisotopic (exact) mass is 419 g/mol. The Morgan fingerprint density at radius 3 is 2.65 bits per heavy atom. The number of carbonyl (C=O) groups excluding carboxylic acids is 1. The van der Waals surface area contributed by atoms with Crippen molar-refractivity contribution in [2.45, 2.75) is 13.5 Å². The molecule has 0 aliphatic carbocycles. The summed E-state index contributed by atoms with van der Waals surface area (Å²) in [5, 5.41) is 3.88. The molecule has 3 heterocycles. The summed E-state index contributed by atoms with van der Waals surface area (Å²) in [6.07, 6.45) is 3.17. The lowest BCUT2D eigenvalue weighted by molar-refractivity contribution is 0.0766. The number of carbonyl (C=O) groups is 1. The van der Waals surface area contributed by atoms with Gasteiger partial charge >= 0.3 is 0 Å². The molecule has 0 radical (unpaired) electrons. The summed E-state index contributed by atoms with van der Waals surface area (Å²) in [7, 11) is 1.54. The van der Waals surface area contributed by atoms with Gasteiger partial charge in [-0.2, -0.15) is 4.98 Å². The standard InChI is InChI=1S/C22H18FN5O3/c1-14-10-12-28(16-8-6-15(23)7-9-16)22(30)19(14)21(29)27(2)13-18-25-20(26-31-18)17-5-3-4-11-24-17/h3-12H,13H2,1-2H3. The number of hydrogen-bond donors (Lipinski definition) is 0. The summed E-state index contributed by atoms with van der Waals surface area (Å²) in [6.45, 7) is 1.70. The average Bonchev–Trinajstić information content (AvgIpc) is 3.24. The van der Waals surface area contributed by atoms with E-state index in [2.05, 4.69) is 15.1 Å². The Bertz CT molecular complexity index is 1280. The summed E-state index contributed by atoms with van der Waals surface area (Å²) in [6, 6.07) is 12.4. The van der Waals surface area contributed by atoms with E-state index >= 15 is 0 Å². The molecule has 3 aromatic heterocycles. The highest BCUT2D eigenvalue weighted by Gasteiger charge is 2.22. The van der Waals surface area contributed by atoms with E-state index in [9.17, 15) is 14.0 Å². The highest BCUT2D eigenvalue weighted by Crippen LogP contribution is 2.15. The van der Waals surface area contributed by atoms with Crippen molar-refractivity contribution in [2.24, 2.45) is 0 Å². The van der Waals surface area contributed by atoms with Crippen LogP contribution in [0, 0.1) is 12.7 Å². The minimum atomic E-state index is -0.497. The van der Waals surface area contributed by atoms with Crippen molar-refractivity contribution in [1.82, 2.24) is 24.6 Å². The molecule has 0 bridgehead atoms. The topological polar surface area (TPSA) is 94.1 Å². The van der Waals surface area contributed by atoms with Crippen molar-refractivity contribution in [1.29, 1.82) is 0 Å². The van der Waals surface area contributed by atoms with E-state index in [0.717, 1.165) is 0 Å². The fourth-order valence-corrected chi connectivity index (χ4v) is 3.08. The number of halogens is 1. The fourth-order valence-electron chi connectivity index (χ4n) is 3.08. The van der Waals surface area contributed by atoms with Gasteiger partial charge in [0, 0.05) is 25.1 Å². The van der Waals surface area contributed by atoms with Gasteiger partial charge in [0.1, 0.15) is 23.6 Å². The van der Waals surface area contributed by atoms with E-state index in [0.29, 0.717) is 22.8 Å². The van der Waals surface area contributed by atoms with Crippen LogP contribution in [0.1, 0.15) is 21.8 Å². The van der Waals surface area contributed by atoms with Crippen LogP contribution in [0.4, 0.5) is 4.39 Å². The van der Waals surface area contributed by atoms with Crippen LogP contribution in [0.2, 0.25) is 0 Å². The Morgan fingerprint density at radius 2 is 1.94 bits per heavy atom. The molecule has 8 nitrogen and oxygen atoms in total. The predicted molar refractivity (Wildman–Crippen MR) is 110 cm³/mol. The molecule has 0 fully saturated rings. The largest absolute Gasteiger partial charge is 0.337 e. The molecule has 0 aliphatic rings. The van der Waals surface area contributed by atoms with E-state index in [4.69, 9.17) is 4.52 Å². The molecule has 0 spiro atoms. The summed E-state index contributed by atoms with van der Waals surface area (Å²) in [4.78, 5) is 35.8. The van der Waals surface area contributed by atoms with Crippen LogP contribution in [-0.4, -0.2) is 37.5 Å². The van der Waals surface area contributed by atoms with Crippen LogP contribution in [0.15, 0.2) is 70.2 Å². The number of nitrogens with zero attached hydrogens (tertiary/aromatic N) is 5. The molecule has 0 aliphatic heterocycles. The van der Waals surface area contributed by atoms with Gasteiger partial charge < -0.3 is 9.42 Å². The van der Waals surface area contributed by atoms with Crippen molar-refractivity contribution < 1.29 is 13.7 Å². The Balaban J connectivity index is 1.59. The zero-order chi connectivity index (χ0) is 22.0. The van der Waals surface area contributed by atoms with E-state index in [1.807, 2.05) is 0 Å². The lowest BCUT2D eigenvalue weighted by Crippen LogP contribution is -2.34. The summed E-state index contributed by atoms with van der Waals surface area (Å²) >= 11 is 0. The Labute approximate surface area is 176 Å². The summed E-state index contributed by atoms with van der Waals surface area (Å²) in [5.41, 5.74) is 1.05. The first kappa shape index (κ1) is 20.1. The highest BCUT2D eigenvalue weighted by atomic mass is 19.1. The van der Waals surface area contributed by atoms with Crippen LogP contribution < -0.4 is 5.56 Å². The fraction of sp³-hybridized carbons (Fsp3) is 0.136. The minimum absolute atomic E-state index is 0.0128. The van der Waals surface area contributed by atoms with E-state index < -0.39 is 17.3 Å². The third kappa shape index (κ3) is 4.11. The first-order valence-corrected chi connectivity index (χ1v) is 9.41. The zero-order valence-electron chi connectivity index (χ0n) is 16.8. The molecule has 4 rings (SSSR count). The predicted octanol–water partition coefficient (Wildman–Crippen LogP) is 3.00. The SMILES string of the molecule is Cc1ccn(-c2ccc(F)cc2)c(=O)c1C(=O)N(C)Cc1nc(-c2ccccn2)no1. The highest BCUT2D eigenvalue weighted by molar-refractivity contribution is 5.95. The maximum absolute atomic E-state index is 13.2. The van der Waals surface area contributed by atoms with Crippen LogP contribution in [0.5, 0.6) is 0 Å². The second kappa shape index (κ2) is 8.31. The zero-order valence-corrected chi connectivity index (χ0v) is 16.8. The molecule has 1 amide bonds. The molecule has 31 heavy (non-hydrogen) atoms. The molecular formula is C22H18FN5O3. The molecule has 156 valence electrons.